The van der Waals surface area contributed by atoms with Crippen molar-refractivity contribution in [3.05, 3.63) is 69.8 Å². The number of allylic oxidation sites excluding steroid dienone is 1. The second-order valence-corrected chi connectivity index (χ2v) is 5.74. The molecule has 3 nitrogen and oxygen atoms in total. The lowest BCUT2D eigenvalue weighted by Gasteiger charge is -2.11. The summed E-state index contributed by atoms with van der Waals surface area (Å²) in [6, 6.07) is 15.7. The zero-order chi connectivity index (χ0) is 15.9. The Hall–Kier alpha value is -2.07. The molecule has 1 N–H and O–H groups in total. The molecule has 0 saturated carbocycles. The number of benzene rings is 2. The normalized spacial score (nSPS) is 11.1. The van der Waals surface area contributed by atoms with E-state index in [1.807, 2.05) is 48.5 Å². The Morgan fingerprint density at radius 3 is 2.59 bits per heavy atom. The molecular weight excluding hydrogens is 342 g/mol. The van der Waals surface area contributed by atoms with Crippen LogP contribution in [0.3, 0.4) is 0 Å². The van der Waals surface area contributed by atoms with Crippen LogP contribution in [0, 0.1) is 0 Å². The number of carbonyl (C=O) groups excluding carboxylic acids is 1. The summed E-state index contributed by atoms with van der Waals surface area (Å²) in [5.74, 6) is 0.720. The Bertz CT molecular complexity index is 681. The molecular formula is C18H18BrNO2. The van der Waals surface area contributed by atoms with Crippen molar-refractivity contribution in [1.82, 2.24) is 5.32 Å². The number of ether oxygens (including phenoxy) is 1. The first-order valence-corrected chi connectivity index (χ1v) is 7.76. The van der Waals surface area contributed by atoms with Gasteiger partial charge in [0.1, 0.15) is 12.4 Å². The van der Waals surface area contributed by atoms with Crippen LogP contribution in [0.1, 0.15) is 18.1 Å². The smallest absolute Gasteiger partial charge is 0.175 e. The fourth-order valence-corrected chi connectivity index (χ4v) is 2.38. The zero-order valence-corrected chi connectivity index (χ0v) is 14.2. The van der Waals surface area contributed by atoms with E-state index < -0.39 is 0 Å². The standard InChI is InChI=1S/C18H18BrNO2/c1-13(21)17(20-2)11-15-10-16(19)8-9-18(15)22-12-14-6-4-3-5-7-14/h3-11,20H,12H2,1-2H3/b17-11-. The van der Waals surface area contributed by atoms with Crippen LogP contribution in [0.4, 0.5) is 0 Å². The number of halogens is 1. The molecule has 0 unspecified atom stereocenters. The Labute approximate surface area is 139 Å². The largest absolute Gasteiger partial charge is 0.488 e. The van der Waals surface area contributed by atoms with Gasteiger partial charge < -0.3 is 10.1 Å². The maximum Gasteiger partial charge on any atom is 0.175 e. The molecule has 2 aromatic rings. The lowest BCUT2D eigenvalue weighted by Crippen LogP contribution is -2.13. The fourth-order valence-electron chi connectivity index (χ4n) is 2.00. The maximum atomic E-state index is 11.6. The SMILES string of the molecule is CN/C(=C\c1cc(Br)ccc1OCc1ccccc1)C(C)=O. The van der Waals surface area contributed by atoms with E-state index in [0.29, 0.717) is 12.3 Å². The molecule has 0 amide bonds. The van der Waals surface area contributed by atoms with E-state index in [-0.39, 0.29) is 5.78 Å². The predicted octanol–water partition coefficient (Wildman–Crippen LogP) is 4.18. The number of carbonyl (C=O) groups is 1. The van der Waals surface area contributed by atoms with Crippen molar-refractivity contribution in [1.29, 1.82) is 0 Å². The molecule has 0 radical (unpaired) electrons. The lowest BCUT2D eigenvalue weighted by molar-refractivity contribution is -0.113. The molecule has 0 saturated heterocycles. The third-order valence-corrected chi connectivity index (χ3v) is 3.65. The topological polar surface area (TPSA) is 38.3 Å². The third-order valence-electron chi connectivity index (χ3n) is 3.16. The predicted molar refractivity (Wildman–Crippen MR) is 92.6 cm³/mol. The minimum Gasteiger partial charge on any atom is -0.488 e. The molecule has 0 fully saturated rings. The van der Waals surface area contributed by atoms with Gasteiger partial charge in [-0.3, -0.25) is 4.79 Å². The summed E-state index contributed by atoms with van der Waals surface area (Å²) in [5.41, 5.74) is 2.49. The van der Waals surface area contributed by atoms with Crippen LogP contribution in [0.25, 0.3) is 6.08 Å². The van der Waals surface area contributed by atoms with Crippen molar-refractivity contribution in [2.24, 2.45) is 0 Å². The van der Waals surface area contributed by atoms with Crippen LogP contribution >= 0.6 is 15.9 Å². The van der Waals surface area contributed by atoms with Gasteiger partial charge in [0.15, 0.2) is 5.78 Å². The molecule has 2 rings (SSSR count). The molecule has 114 valence electrons. The summed E-state index contributed by atoms with van der Waals surface area (Å²) in [7, 11) is 1.73. The number of hydrogen-bond donors (Lipinski definition) is 1. The monoisotopic (exact) mass is 359 g/mol. The van der Waals surface area contributed by atoms with Crippen LogP contribution in [0.5, 0.6) is 5.75 Å². The molecule has 0 aromatic heterocycles. The van der Waals surface area contributed by atoms with E-state index in [1.165, 1.54) is 6.92 Å². The van der Waals surface area contributed by atoms with Gasteiger partial charge in [-0.15, -0.1) is 0 Å². The van der Waals surface area contributed by atoms with Gasteiger partial charge >= 0.3 is 0 Å². The number of nitrogens with one attached hydrogen (secondary N) is 1. The number of Topliss-reactive ketones (excluding diaryl/α,β-unsaturated/α-hetero) is 1. The van der Waals surface area contributed by atoms with Gasteiger partial charge in [-0.25, -0.2) is 0 Å². The number of rotatable bonds is 6. The van der Waals surface area contributed by atoms with Crippen molar-refractivity contribution >= 4 is 27.8 Å². The molecule has 0 aliphatic rings. The first-order valence-electron chi connectivity index (χ1n) is 6.97. The van der Waals surface area contributed by atoms with Crippen LogP contribution in [0.15, 0.2) is 58.7 Å². The summed E-state index contributed by atoms with van der Waals surface area (Å²) in [6.45, 7) is 2.02. The van der Waals surface area contributed by atoms with Gasteiger partial charge in [-0.1, -0.05) is 46.3 Å². The molecule has 0 spiro atoms. The summed E-state index contributed by atoms with van der Waals surface area (Å²) in [4.78, 5) is 11.6. The van der Waals surface area contributed by atoms with Crippen LogP contribution in [0.2, 0.25) is 0 Å². The van der Waals surface area contributed by atoms with Crippen molar-refractivity contribution in [3.63, 3.8) is 0 Å². The second-order valence-electron chi connectivity index (χ2n) is 4.82. The Morgan fingerprint density at radius 1 is 1.23 bits per heavy atom. The van der Waals surface area contributed by atoms with Gasteiger partial charge in [0, 0.05) is 24.0 Å². The molecule has 22 heavy (non-hydrogen) atoms. The molecule has 0 bridgehead atoms. The van der Waals surface area contributed by atoms with Gasteiger partial charge in [-0.05, 0) is 29.8 Å². The van der Waals surface area contributed by atoms with E-state index in [4.69, 9.17) is 4.74 Å². The van der Waals surface area contributed by atoms with E-state index in [9.17, 15) is 4.79 Å². The van der Waals surface area contributed by atoms with Gasteiger partial charge in [0.05, 0.1) is 5.70 Å². The first-order chi connectivity index (χ1) is 10.6. The van der Waals surface area contributed by atoms with E-state index in [0.717, 1.165) is 21.3 Å². The Kier molecular flexibility index (Phi) is 5.78. The third kappa shape index (κ3) is 4.46. The Balaban J connectivity index is 2.26. The summed E-state index contributed by atoms with van der Waals surface area (Å²) < 4.78 is 6.83. The molecule has 0 heterocycles. The first kappa shape index (κ1) is 16.3. The fraction of sp³-hybridized carbons (Fsp3) is 0.167. The average molecular weight is 360 g/mol. The minimum absolute atomic E-state index is 0.0171. The van der Waals surface area contributed by atoms with E-state index in [2.05, 4.69) is 21.2 Å². The average Bonchev–Trinajstić information content (AvgIpc) is 2.52. The quantitative estimate of drug-likeness (QED) is 0.786. The lowest BCUT2D eigenvalue weighted by atomic mass is 10.1. The van der Waals surface area contributed by atoms with Gasteiger partial charge in [-0.2, -0.15) is 0 Å². The highest BCUT2D eigenvalue weighted by Crippen LogP contribution is 2.26. The van der Waals surface area contributed by atoms with Crippen LogP contribution in [-0.4, -0.2) is 12.8 Å². The van der Waals surface area contributed by atoms with Crippen molar-refractivity contribution in [3.8, 4) is 5.75 Å². The van der Waals surface area contributed by atoms with E-state index in [1.54, 1.807) is 13.1 Å². The highest BCUT2D eigenvalue weighted by Gasteiger charge is 2.07. The number of ketones is 1. The number of hydrogen-bond acceptors (Lipinski definition) is 3. The second kappa shape index (κ2) is 7.80. The van der Waals surface area contributed by atoms with E-state index >= 15 is 0 Å². The summed E-state index contributed by atoms with van der Waals surface area (Å²) in [6.07, 6.45) is 1.80. The van der Waals surface area contributed by atoms with Crippen molar-refractivity contribution in [2.75, 3.05) is 7.05 Å². The summed E-state index contributed by atoms with van der Waals surface area (Å²) in [5, 5.41) is 2.91. The highest BCUT2D eigenvalue weighted by molar-refractivity contribution is 9.10. The summed E-state index contributed by atoms with van der Waals surface area (Å²) >= 11 is 3.45. The Morgan fingerprint density at radius 2 is 1.95 bits per heavy atom. The number of likely N-dealkylation sites (N-methyl/N-ethyl adjacent to an activating group) is 1. The molecule has 0 aliphatic carbocycles. The zero-order valence-electron chi connectivity index (χ0n) is 12.6. The molecule has 2 aromatic carbocycles. The molecule has 4 heteroatoms. The highest BCUT2D eigenvalue weighted by atomic mass is 79.9. The maximum absolute atomic E-state index is 11.6. The van der Waals surface area contributed by atoms with Gasteiger partial charge in [0.2, 0.25) is 0 Å². The van der Waals surface area contributed by atoms with Crippen molar-refractivity contribution in [2.45, 2.75) is 13.5 Å². The minimum atomic E-state index is -0.0171. The molecule has 0 aliphatic heterocycles. The molecule has 0 atom stereocenters. The van der Waals surface area contributed by atoms with Crippen LogP contribution < -0.4 is 10.1 Å². The van der Waals surface area contributed by atoms with Crippen molar-refractivity contribution < 1.29 is 9.53 Å². The van der Waals surface area contributed by atoms with Crippen LogP contribution in [-0.2, 0) is 11.4 Å². The van der Waals surface area contributed by atoms with Gasteiger partial charge in [0.25, 0.3) is 0 Å².